The number of benzene rings is 1. The number of likely N-dealkylation sites (tertiary alicyclic amines) is 1. The van der Waals surface area contributed by atoms with Crippen molar-refractivity contribution in [3.8, 4) is 5.75 Å². The molecule has 8 heteroatoms. The first-order valence-corrected chi connectivity index (χ1v) is 7.82. The van der Waals surface area contributed by atoms with E-state index >= 15 is 0 Å². The zero-order valence-electron chi connectivity index (χ0n) is 12.5. The molecular weight excluding hydrogens is 373 g/mol. The highest BCUT2D eigenvalue weighted by molar-refractivity contribution is 9.10. The zero-order chi connectivity index (χ0) is 17.0. The van der Waals surface area contributed by atoms with E-state index in [-0.39, 0.29) is 25.0 Å². The Balaban J connectivity index is 1.99. The van der Waals surface area contributed by atoms with Crippen LogP contribution in [0.25, 0.3) is 0 Å². The highest BCUT2D eigenvalue weighted by Gasteiger charge is 2.36. The van der Waals surface area contributed by atoms with E-state index in [1.807, 2.05) is 0 Å². The van der Waals surface area contributed by atoms with E-state index in [9.17, 15) is 14.0 Å². The van der Waals surface area contributed by atoms with Crippen LogP contribution in [0.3, 0.4) is 0 Å². The molecule has 1 saturated heterocycles. The Labute approximate surface area is 141 Å². The molecule has 0 aliphatic carbocycles. The summed E-state index contributed by atoms with van der Waals surface area (Å²) in [4.78, 5) is 24.7. The fourth-order valence-corrected chi connectivity index (χ4v) is 3.02. The average Bonchev–Trinajstić information content (AvgIpc) is 2.88. The van der Waals surface area contributed by atoms with Crippen LogP contribution in [0.2, 0.25) is 0 Å². The highest BCUT2D eigenvalue weighted by atomic mass is 79.9. The number of hydrogen-bond acceptors (Lipinski definition) is 4. The van der Waals surface area contributed by atoms with Crippen molar-refractivity contribution >= 4 is 27.8 Å². The van der Waals surface area contributed by atoms with Gasteiger partial charge in [-0.1, -0.05) is 0 Å². The Morgan fingerprint density at radius 3 is 2.83 bits per heavy atom. The smallest absolute Gasteiger partial charge is 0.305 e. The molecule has 1 fully saturated rings. The molecule has 6 nitrogen and oxygen atoms in total. The van der Waals surface area contributed by atoms with Crippen LogP contribution in [-0.2, 0) is 14.3 Å². The van der Waals surface area contributed by atoms with Crippen LogP contribution >= 0.6 is 15.9 Å². The highest BCUT2D eigenvalue weighted by Crippen LogP contribution is 2.26. The second kappa shape index (κ2) is 7.74. The zero-order valence-corrected chi connectivity index (χ0v) is 14.1. The number of hydrogen-bond donors (Lipinski definition) is 1. The van der Waals surface area contributed by atoms with Gasteiger partial charge in [0.05, 0.1) is 17.0 Å². The lowest BCUT2D eigenvalue weighted by Crippen LogP contribution is -2.40. The number of halogens is 2. The second-order valence-electron chi connectivity index (χ2n) is 5.25. The van der Waals surface area contributed by atoms with Crippen LogP contribution in [0.5, 0.6) is 5.75 Å². The number of carbonyl (C=O) groups is 2. The number of aliphatic carboxylic acids is 1. The molecule has 1 heterocycles. The molecule has 0 aromatic heterocycles. The fraction of sp³-hybridized carbons (Fsp3) is 0.467. The molecule has 2 atom stereocenters. The summed E-state index contributed by atoms with van der Waals surface area (Å²) in [5.74, 6) is -1.37. The number of amides is 1. The van der Waals surface area contributed by atoms with E-state index < -0.39 is 17.8 Å². The second-order valence-corrected chi connectivity index (χ2v) is 6.11. The quantitative estimate of drug-likeness (QED) is 0.805. The van der Waals surface area contributed by atoms with E-state index in [4.69, 9.17) is 14.6 Å². The summed E-state index contributed by atoms with van der Waals surface area (Å²) in [5.41, 5.74) is 0. The summed E-state index contributed by atoms with van der Waals surface area (Å²) < 4.78 is 24.0. The minimum absolute atomic E-state index is 0.133. The third-order valence-electron chi connectivity index (χ3n) is 3.69. The Hall–Kier alpha value is -1.67. The largest absolute Gasteiger partial charge is 0.483 e. The van der Waals surface area contributed by atoms with Gasteiger partial charge in [-0.15, -0.1) is 0 Å². The van der Waals surface area contributed by atoms with E-state index in [0.29, 0.717) is 23.2 Å². The SMILES string of the molecule is COC1CC(CC(=O)O)N(C(=O)COc2ccc(F)cc2Br)C1. The summed E-state index contributed by atoms with van der Waals surface area (Å²) >= 11 is 3.16. The Morgan fingerprint density at radius 2 is 2.22 bits per heavy atom. The first-order valence-electron chi connectivity index (χ1n) is 7.02. The molecule has 1 aliphatic heterocycles. The maximum atomic E-state index is 13.0. The maximum absolute atomic E-state index is 13.0. The van der Waals surface area contributed by atoms with Crippen LogP contribution in [-0.4, -0.2) is 54.3 Å². The molecular formula is C15H17BrFNO5. The average molecular weight is 390 g/mol. The standard InChI is InChI=1S/C15H17BrFNO5/c1-22-11-5-10(6-15(20)21)18(7-11)14(19)8-23-13-3-2-9(17)4-12(13)16/h2-4,10-11H,5-8H2,1H3,(H,20,21). The van der Waals surface area contributed by atoms with Gasteiger partial charge in [0.1, 0.15) is 11.6 Å². The fourth-order valence-electron chi connectivity index (χ4n) is 2.56. The lowest BCUT2D eigenvalue weighted by Gasteiger charge is -2.23. The van der Waals surface area contributed by atoms with Crippen LogP contribution in [0.15, 0.2) is 22.7 Å². The third-order valence-corrected chi connectivity index (χ3v) is 4.30. The van der Waals surface area contributed by atoms with Crippen molar-refractivity contribution in [1.82, 2.24) is 4.90 Å². The van der Waals surface area contributed by atoms with Crippen molar-refractivity contribution in [2.24, 2.45) is 0 Å². The molecule has 0 spiro atoms. The van der Waals surface area contributed by atoms with Gasteiger partial charge in [0.15, 0.2) is 6.61 Å². The molecule has 0 radical (unpaired) electrons. The molecule has 23 heavy (non-hydrogen) atoms. The first kappa shape index (κ1) is 17.7. The van der Waals surface area contributed by atoms with Gasteiger partial charge >= 0.3 is 5.97 Å². The number of carboxylic acid groups (broad SMARTS) is 1. The summed E-state index contributed by atoms with van der Waals surface area (Å²) in [6.07, 6.45) is 0.168. The number of carboxylic acids is 1. The van der Waals surface area contributed by atoms with Gasteiger partial charge in [0.25, 0.3) is 5.91 Å². The Kier molecular flexibility index (Phi) is 5.95. The molecule has 126 valence electrons. The minimum atomic E-state index is -0.966. The Morgan fingerprint density at radius 1 is 1.48 bits per heavy atom. The minimum Gasteiger partial charge on any atom is -0.483 e. The van der Waals surface area contributed by atoms with E-state index in [1.54, 1.807) is 0 Å². The number of ether oxygens (including phenoxy) is 2. The number of nitrogens with zero attached hydrogens (tertiary/aromatic N) is 1. The third kappa shape index (κ3) is 4.65. The lowest BCUT2D eigenvalue weighted by molar-refractivity contribution is -0.140. The van der Waals surface area contributed by atoms with Gasteiger partial charge in [-0.05, 0) is 40.5 Å². The maximum Gasteiger partial charge on any atom is 0.305 e. The van der Waals surface area contributed by atoms with Gasteiger partial charge in [0, 0.05) is 19.7 Å². The molecule has 2 unspecified atom stereocenters. The van der Waals surface area contributed by atoms with Crippen molar-refractivity contribution in [1.29, 1.82) is 0 Å². The van der Waals surface area contributed by atoms with Crippen molar-refractivity contribution in [3.05, 3.63) is 28.5 Å². The number of rotatable bonds is 6. The number of methoxy groups -OCH3 is 1. The summed E-state index contributed by atoms with van der Waals surface area (Å²) in [6.45, 7) is 0.0814. The van der Waals surface area contributed by atoms with Gasteiger partial charge in [-0.2, -0.15) is 0 Å². The molecule has 0 saturated carbocycles. The van der Waals surface area contributed by atoms with Crippen molar-refractivity contribution < 1.29 is 28.6 Å². The van der Waals surface area contributed by atoms with Crippen molar-refractivity contribution in [2.75, 3.05) is 20.3 Å². The normalized spacial score (nSPS) is 20.6. The van der Waals surface area contributed by atoms with Gasteiger partial charge in [-0.25, -0.2) is 4.39 Å². The first-order chi connectivity index (χ1) is 10.9. The summed E-state index contributed by atoms with van der Waals surface area (Å²) in [6, 6.07) is 3.48. The van der Waals surface area contributed by atoms with Gasteiger partial charge in [0.2, 0.25) is 0 Å². The predicted molar refractivity (Wildman–Crippen MR) is 82.8 cm³/mol. The van der Waals surface area contributed by atoms with E-state index in [1.165, 1.54) is 30.2 Å². The van der Waals surface area contributed by atoms with Crippen molar-refractivity contribution in [3.63, 3.8) is 0 Å². The molecule has 1 aromatic carbocycles. The lowest BCUT2D eigenvalue weighted by atomic mass is 10.1. The van der Waals surface area contributed by atoms with Gasteiger partial charge in [-0.3, -0.25) is 9.59 Å². The molecule has 2 rings (SSSR count). The molecule has 1 aromatic rings. The topological polar surface area (TPSA) is 76.1 Å². The molecule has 1 aliphatic rings. The van der Waals surface area contributed by atoms with E-state index in [2.05, 4.69) is 15.9 Å². The van der Waals surface area contributed by atoms with E-state index in [0.717, 1.165) is 0 Å². The Bertz CT molecular complexity index is 597. The molecule has 1 amide bonds. The summed E-state index contributed by atoms with van der Waals surface area (Å²) in [7, 11) is 1.53. The predicted octanol–water partition coefficient (Wildman–Crippen LogP) is 2.06. The summed E-state index contributed by atoms with van der Waals surface area (Å²) in [5, 5.41) is 8.95. The molecule has 0 bridgehead atoms. The van der Waals surface area contributed by atoms with Crippen LogP contribution in [0.4, 0.5) is 4.39 Å². The molecule has 1 N–H and O–H groups in total. The number of carbonyl (C=O) groups excluding carboxylic acids is 1. The monoisotopic (exact) mass is 389 g/mol. The van der Waals surface area contributed by atoms with Crippen molar-refractivity contribution in [2.45, 2.75) is 25.0 Å². The van der Waals surface area contributed by atoms with Gasteiger partial charge < -0.3 is 19.5 Å². The van der Waals surface area contributed by atoms with Crippen LogP contribution in [0, 0.1) is 5.82 Å². The van der Waals surface area contributed by atoms with Crippen LogP contribution in [0.1, 0.15) is 12.8 Å². The van der Waals surface area contributed by atoms with Crippen LogP contribution < -0.4 is 4.74 Å².